The molecule has 172 valence electrons. The van der Waals surface area contributed by atoms with E-state index in [9.17, 15) is 24.8 Å². The van der Waals surface area contributed by atoms with Crippen molar-refractivity contribution in [1.29, 1.82) is 0 Å². The third-order valence-corrected chi connectivity index (χ3v) is 6.38. The molecule has 9 nitrogen and oxygen atoms in total. The van der Waals surface area contributed by atoms with Crippen LogP contribution in [0.1, 0.15) is 37.7 Å². The fourth-order valence-electron chi connectivity index (χ4n) is 4.31. The molecule has 1 aliphatic rings. The number of non-ortho nitro benzene ring substituents is 1. The van der Waals surface area contributed by atoms with Gasteiger partial charge in [0.25, 0.3) is 11.2 Å². The van der Waals surface area contributed by atoms with Crippen LogP contribution in [0.4, 0.5) is 5.69 Å². The Hall–Kier alpha value is -3.59. The number of nitro benzene ring substituents is 1. The maximum absolute atomic E-state index is 12.8. The molecule has 2 heterocycles. The van der Waals surface area contributed by atoms with Crippen molar-refractivity contribution in [3.05, 3.63) is 80.9 Å². The lowest BCUT2D eigenvalue weighted by atomic mass is 9.90. The van der Waals surface area contributed by atoms with Gasteiger partial charge < -0.3 is 10.0 Å². The predicted octanol–water partition coefficient (Wildman–Crippen LogP) is 2.85. The quantitative estimate of drug-likeness (QED) is 0.456. The summed E-state index contributed by atoms with van der Waals surface area (Å²) in [6.45, 7) is 2.91. The van der Waals surface area contributed by atoms with Crippen molar-refractivity contribution in [3.63, 3.8) is 0 Å². The molecule has 1 atom stereocenters. The summed E-state index contributed by atoms with van der Waals surface area (Å²) in [5, 5.41) is 22.3. The van der Waals surface area contributed by atoms with Crippen LogP contribution in [0.3, 0.4) is 0 Å². The molecule has 1 saturated heterocycles. The number of fused-ring (bicyclic) bond motifs is 1. The number of nitro groups is 1. The minimum Gasteiger partial charge on any atom is -0.388 e. The van der Waals surface area contributed by atoms with Crippen LogP contribution < -0.4 is 5.56 Å². The number of hydrogen-bond acceptors (Lipinski definition) is 6. The van der Waals surface area contributed by atoms with Gasteiger partial charge in [0.1, 0.15) is 0 Å². The van der Waals surface area contributed by atoms with E-state index in [-0.39, 0.29) is 40.5 Å². The maximum atomic E-state index is 12.8. The first kappa shape index (κ1) is 22.6. The van der Waals surface area contributed by atoms with Crippen LogP contribution in [0.15, 0.2) is 59.7 Å². The molecular weight excluding hydrogens is 424 g/mol. The van der Waals surface area contributed by atoms with Crippen LogP contribution >= 0.6 is 0 Å². The average molecular weight is 450 g/mol. The topological polar surface area (TPSA) is 119 Å². The minimum atomic E-state index is -1.14. The second-order valence-electron chi connectivity index (χ2n) is 8.76. The van der Waals surface area contributed by atoms with E-state index in [1.54, 1.807) is 4.90 Å². The average Bonchev–Trinajstić information content (AvgIpc) is 2.81. The van der Waals surface area contributed by atoms with Crippen molar-refractivity contribution in [2.24, 2.45) is 0 Å². The smallest absolute Gasteiger partial charge is 0.271 e. The van der Waals surface area contributed by atoms with Gasteiger partial charge in [0.05, 0.1) is 34.3 Å². The highest BCUT2D eigenvalue weighted by molar-refractivity contribution is 5.79. The largest absolute Gasteiger partial charge is 0.388 e. The van der Waals surface area contributed by atoms with E-state index in [0.29, 0.717) is 32.4 Å². The number of benzene rings is 2. The van der Waals surface area contributed by atoms with Crippen LogP contribution in [0.25, 0.3) is 10.9 Å². The number of amides is 1. The van der Waals surface area contributed by atoms with Gasteiger partial charge in [-0.25, -0.2) is 4.98 Å². The normalized spacial score (nSPS) is 16.5. The zero-order valence-corrected chi connectivity index (χ0v) is 18.4. The van der Waals surface area contributed by atoms with Crippen molar-refractivity contribution < 1.29 is 14.8 Å². The molecule has 1 aliphatic heterocycles. The predicted molar refractivity (Wildman–Crippen MR) is 123 cm³/mol. The fraction of sp³-hybridized carbons (Fsp3) is 0.375. The molecule has 0 aliphatic carbocycles. The number of rotatable bonds is 6. The molecule has 3 aromatic rings. The SMILES string of the molecule is C[C@H](CC(=O)N1CCC(O)(Cn2cnc3cc([N+](=O)[O-])ccc3c2=O)CC1)c1ccccc1. The number of carbonyl (C=O) groups excluding carboxylic acids is 1. The summed E-state index contributed by atoms with van der Waals surface area (Å²) in [6.07, 6.45) is 2.42. The summed E-state index contributed by atoms with van der Waals surface area (Å²) >= 11 is 0. The van der Waals surface area contributed by atoms with Crippen LogP contribution in [-0.2, 0) is 11.3 Å². The van der Waals surface area contributed by atoms with Gasteiger partial charge in [-0.05, 0) is 30.4 Å². The summed E-state index contributed by atoms with van der Waals surface area (Å²) in [5.41, 5.74) is -0.275. The molecule has 1 aromatic heterocycles. The van der Waals surface area contributed by atoms with Gasteiger partial charge in [-0.1, -0.05) is 37.3 Å². The van der Waals surface area contributed by atoms with Gasteiger partial charge in [0, 0.05) is 31.6 Å². The number of piperidine rings is 1. The van der Waals surface area contributed by atoms with Crippen LogP contribution in [0.2, 0.25) is 0 Å². The van der Waals surface area contributed by atoms with Gasteiger partial charge >= 0.3 is 0 Å². The second kappa shape index (κ2) is 9.11. The fourth-order valence-corrected chi connectivity index (χ4v) is 4.31. The molecule has 0 saturated carbocycles. The van der Waals surface area contributed by atoms with Gasteiger partial charge in [-0.3, -0.25) is 24.3 Å². The van der Waals surface area contributed by atoms with E-state index >= 15 is 0 Å². The highest BCUT2D eigenvalue weighted by Crippen LogP contribution is 2.26. The molecule has 33 heavy (non-hydrogen) atoms. The summed E-state index contributed by atoms with van der Waals surface area (Å²) in [7, 11) is 0. The summed E-state index contributed by atoms with van der Waals surface area (Å²) in [4.78, 5) is 41.9. The van der Waals surface area contributed by atoms with Gasteiger partial charge in [0.2, 0.25) is 5.91 Å². The lowest BCUT2D eigenvalue weighted by molar-refractivity contribution is -0.384. The molecule has 1 fully saturated rings. The zero-order valence-electron chi connectivity index (χ0n) is 18.4. The molecule has 0 bridgehead atoms. The molecule has 1 amide bonds. The van der Waals surface area contributed by atoms with Crippen LogP contribution in [0, 0.1) is 10.1 Å². The third kappa shape index (κ3) is 4.93. The Labute approximate surface area is 190 Å². The van der Waals surface area contributed by atoms with Crippen molar-refractivity contribution in [2.75, 3.05) is 13.1 Å². The summed E-state index contributed by atoms with van der Waals surface area (Å²) < 4.78 is 1.34. The van der Waals surface area contributed by atoms with Crippen molar-refractivity contribution in [1.82, 2.24) is 14.5 Å². The maximum Gasteiger partial charge on any atom is 0.271 e. The first-order valence-corrected chi connectivity index (χ1v) is 10.9. The van der Waals surface area contributed by atoms with E-state index in [1.807, 2.05) is 37.3 Å². The Bertz CT molecular complexity index is 1230. The van der Waals surface area contributed by atoms with Crippen molar-refractivity contribution in [2.45, 2.75) is 44.2 Å². The molecule has 4 rings (SSSR count). The Morgan fingerprint density at radius 3 is 2.58 bits per heavy atom. The van der Waals surface area contributed by atoms with Crippen molar-refractivity contribution in [3.8, 4) is 0 Å². The Balaban J connectivity index is 1.40. The highest BCUT2D eigenvalue weighted by atomic mass is 16.6. The highest BCUT2D eigenvalue weighted by Gasteiger charge is 2.35. The molecule has 0 unspecified atom stereocenters. The van der Waals surface area contributed by atoms with Crippen LogP contribution in [0.5, 0.6) is 0 Å². The Kier molecular flexibility index (Phi) is 6.24. The molecule has 9 heteroatoms. The van der Waals surface area contributed by atoms with E-state index in [4.69, 9.17) is 0 Å². The lowest BCUT2D eigenvalue weighted by Crippen LogP contribution is -2.49. The van der Waals surface area contributed by atoms with Gasteiger partial charge in [-0.15, -0.1) is 0 Å². The molecular formula is C24H26N4O5. The van der Waals surface area contributed by atoms with Gasteiger partial charge in [0.15, 0.2) is 0 Å². The number of nitrogens with zero attached hydrogens (tertiary/aromatic N) is 4. The van der Waals surface area contributed by atoms with E-state index < -0.39 is 10.5 Å². The number of hydrogen-bond donors (Lipinski definition) is 1. The standard InChI is InChI=1S/C24H26N4O5/c1-17(18-5-3-2-4-6-18)13-22(29)26-11-9-24(31,10-12-26)15-27-16-25-21-14-19(28(32)33)7-8-20(21)23(27)30/h2-8,14,16-17,31H,9-13,15H2,1H3/t17-/m1/s1. The van der Waals surface area contributed by atoms with E-state index in [1.165, 1.54) is 29.1 Å². The number of likely N-dealkylation sites (tertiary alicyclic amines) is 1. The Morgan fingerprint density at radius 1 is 1.21 bits per heavy atom. The zero-order chi connectivity index (χ0) is 23.6. The number of aliphatic hydroxyl groups is 1. The van der Waals surface area contributed by atoms with Gasteiger partial charge in [-0.2, -0.15) is 0 Å². The molecule has 0 spiro atoms. The van der Waals surface area contributed by atoms with E-state index in [0.717, 1.165) is 5.56 Å². The molecule has 0 radical (unpaired) electrons. The van der Waals surface area contributed by atoms with Crippen LogP contribution in [-0.4, -0.2) is 49.1 Å². The minimum absolute atomic E-state index is 0.0498. The Morgan fingerprint density at radius 2 is 1.91 bits per heavy atom. The molecule has 2 aromatic carbocycles. The monoisotopic (exact) mass is 450 g/mol. The third-order valence-electron chi connectivity index (χ3n) is 6.38. The second-order valence-corrected chi connectivity index (χ2v) is 8.76. The summed E-state index contributed by atoms with van der Waals surface area (Å²) in [5.74, 6) is 0.164. The number of carbonyl (C=O) groups is 1. The summed E-state index contributed by atoms with van der Waals surface area (Å²) in [6, 6.07) is 13.8. The van der Waals surface area contributed by atoms with E-state index in [2.05, 4.69) is 4.98 Å². The van der Waals surface area contributed by atoms with Crippen molar-refractivity contribution >= 4 is 22.5 Å². The number of aromatic nitrogens is 2. The first-order valence-electron chi connectivity index (χ1n) is 10.9. The first-order chi connectivity index (χ1) is 15.8. The lowest BCUT2D eigenvalue weighted by Gasteiger charge is -2.38. The molecule has 1 N–H and O–H groups in total.